The maximum atomic E-state index is 6.16. The molecule has 0 atom stereocenters. The van der Waals surface area contributed by atoms with Crippen LogP contribution in [0.3, 0.4) is 0 Å². The van der Waals surface area contributed by atoms with E-state index in [1.54, 1.807) is 18.3 Å². The zero-order chi connectivity index (χ0) is 17.1. The molecule has 2 aromatic carbocycles. The van der Waals surface area contributed by atoms with Gasteiger partial charge in [-0.1, -0.05) is 29.8 Å². The van der Waals surface area contributed by atoms with E-state index in [0.717, 1.165) is 11.1 Å². The van der Waals surface area contributed by atoms with Crippen molar-refractivity contribution in [3.63, 3.8) is 0 Å². The smallest absolute Gasteiger partial charge is 0.164 e. The first kappa shape index (κ1) is 15.4. The first-order valence-electron chi connectivity index (χ1n) is 7.65. The number of hydrogen-bond donors (Lipinski definition) is 1. The summed E-state index contributed by atoms with van der Waals surface area (Å²) in [6.07, 6.45) is 3.17. The fraction of sp³-hybridized carbons (Fsp3) is 0. The van der Waals surface area contributed by atoms with E-state index in [2.05, 4.69) is 20.3 Å². The van der Waals surface area contributed by atoms with Gasteiger partial charge in [0.05, 0.1) is 11.1 Å². The summed E-state index contributed by atoms with van der Waals surface area (Å²) in [5, 5.41) is 4.69. The van der Waals surface area contributed by atoms with Crippen molar-refractivity contribution in [2.45, 2.75) is 0 Å². The Labute approximate surface area is 149 Å². The van der Waals surface area contributed by atoms with Crippen LogP contribution in [0.15, 0.2) is 73.2 Å². The van der Waals surface area contributed by atoms with Crippen LogP contribution in [-0.4, -0.2) is 15.0 Å². The molecule has 0 spiro atoms. The number of nitrogens with one attached hydrogen (secondary N) is 1. The molecule has 1 N–H and O–H groups in total. The average molecular weight is 349 g/mol. The predicted molar refractivity (Wildman–Crippen MR) is 98.6 cm³/mol. The Morgan fingerprint density at radius 2 is 1.76 bits per heavy atom. The molecule has 2 aromatic heterocycles. The minimum atomic E-state index is 0.597. The van der Waals surface area contributed by atoms with Crippen molar-refractivity contribution in [1.82, 2.24) is 15.0 Å². The number of hydrogen-bond acceptors (Lipinski definition) is 5. The lowest BCUT2D eigenvalue weighted by Crippen LogP contribution is -1.99. The normalized spacial score (nSPS) is 10.6. The first-order chi connectivity index (χ1) is 12.3. The first-order valence-corrected chi connectivity index (χ1v) is 8.02. The van der Waals surface area contributed by atoms with Gasteiger partial charge in [-0.3, -0.25) is 0 Å². The molecular weight excluding hydrogens is 336 g/mol. The van der Waals surface area contributed by atoms with E-state index in [4.69, 9.17) is 16.3 Å². The molecule has 0 amide bonds. The molecule has 0 bridgehead atoms. The summed E-state index contributed by atoms with van der Waals surface area (Å²) in [5.74, 6) is 2.02. The highest BCUT2D eigenvalue weighted by Crippen LogP contribution is 2.34. The van der Waals surface area contributed by atoms with Gasteiger partial charge in [-0.2, -0.15) is 0 Å². The summed E-state index contributed by atoms with van der Waals surface area (Å²) < 4.78 is 5.97. The van der Waals surface area contributed by atoms with Gasteiger partial charge < -0.3 is 10.1 Å². The van der Waals surface area contributed by atoms with Crippen molar-refractivity contribution in [2.24, 2.45) is 0 Å². The Balaban J connectivity index is 1.73. The van der Waals surface area contributed by atoms with E-state index in [0.29, 0.717) is 27.9 Å². The quantitative estimate of drug-likeness (QED) is 0.548. The third kappa shape index (κ3) is 3.36. The molecule has 4 aromatic rings. The van der Waals surface area contributed by atoms with E-state index in [1.807, 2.05) is 48.5 Å². The summed E-state index contributed by atoms with van der Waals surface area (Å²) >= 11 is 6.16. The zero-order valence-corrected chi connectivity index (χ0v) is 13.8. The number of pyridine rings is 1. The molecular formula is C19H13ClN4O. The van der Waals surface area contributed by atoms with E-state index < -0.39 is 0 Å². The number of para-hydroxylation sites is 1. The molecule has 0 saturated heterocycles. The second-order valence-electron chi connectivity index (χ2n) is 5.28. The van der Waals surface area contributed by atoms with Crippen LogP contribution in [0.4, 0.5) is 11.5 Å². The van der Waals surface area contributed by atoms with E-state index >= 15 is 0 Å². The fourth-order valence-corrected chi connectivity index (χ4v) is 2.60. The third-order valence-electron chi connectivity index (χ3n) is 3.57. The van der Waals surface area contributed by atoms with Crippen LogP contribution in [0.2, 0.25) is 5.02 Å². The van der Waals surface area contributed by atoms with Crippen molar-refractivity contribution >= 4 is 34.1 Å². The predicted octanol–water partition coefficient (Wildman–Crippen LogP) is 5.21. The minimum Gasteiger partial charge on any atom is -0.455 e. The van der Waals surface area contributed by atoms with Crippen LogP contribution in [-0.2, 0) is 0 Å². The third-order valence-corrected chi connectivity index (χ3v) is 3.81. The highest BCUT2D eigenvalue weighted by atomic mass is 35.5. The van der Waals surface area contributed by atoms with Gasteiger partial charge in [0.25, 0.3) is 0 Å². The van der Waals surface area contributed by atoms with Crippen molar-refractivity contribution in [3.8, 4) is 11.5 Å². The summed E-state index contributed by atoms with van der Waals surface area (Å²) in [6, 6.07) is 18.7. The van der Waals surface area contributed by atoms with Crippen LogP contribution in [0.1, 0.15) is 0 Å². The molecule has 0 aliphatic heterocycles. The Morgan fingerprint density at radius 3 is 2.64 bits per heavy atom. The summed E-state index contributed by atoms with van der Waals surface area (Å²) in [4.78, 5) is 12.7. The van der Waals surface area contributed by atoms with Crippen molar-refractivity contribution in [3.05, 3.63) is 78.2 Å². The number of aromatic nitrogens is 3. The van der Waals surface area contributed by atoms with Gasteiger partial charge >= 0.3 is 0 Å². The fourth-order valence-electron chi connectivity index (χ4n) is 2.43. The SMILES string of the molecule is Clc1ccc(Oc2ccccc2)c(Nc2ncnc3ncccc23)c1. The molecule has 0 aliphatic rings. The number of ether oxygens (including phenoxy) is 1. The Bertz CT molecular complexity index is 1020. The van der Waals surface area contributed by atoms with Crippen molar-refractivity contribution in [1.29, 1.82) is 0 Å². The highest BCUT2D eigenvalue weighted by molar-refractivity contribution is 6.31. The van der Waals surface area contributed by atoms with Gasteiger partial charge in [0.15, 0.2) is 11.4 Å². The molecule has 122 valence electrons. The van der Waals surface area contributed by atoms with E-state index in [-0.39, 0.29) is 0 Å². The number of nitrogens with zero attached hydrogens (tertiary/aromatic N) is 3. The van der Waals surface area contributed by atoms with E-state index in [1.165, 1.54) is 6.33 Å². The van der Waals surface area contributed by atoms with Crippen molar-refractivity contribution < 1.29 is 4.74 Å². The van der Waals surface area contributed by atoms with Crippen LogP contribution in [0, 0.1) is 0 Å². The Hall–Kier alpha value is -3.18. The lowest BCUT2D eigenvalue weighted by atomic mass is 10.2. The lowest BCUT2D eigenvalue weighted by Gasteiger charge is -2.14. The molecule has 2 heterocycles. The highest BCUT2D eigenvalue weighted by Gasteiger charge is 2.10. The van der Waals surface area contributed by atoms with Gasteiger partial charge in [0, 0.05) is 11.2 Å². The number of halogens is 1. The maximum Gasteiger partial charge on any atom is 0.164 e. The lowest BCUT2D eigenvalue weighted by molar-refractivity contribution is 0.485. The molecule has 0 unspecified atom stereocenters. The molecule has 4 rings (SSSR count). The topological polar surface area (TPSA) is 59.9 Å². The average Bonchev–Trinajstić information content (AvgIpc) is 2.65. The molecule has 0 saturated carbocycles. The minimum absolute atomic E-state index is 0.597. The zero-order valence-electron chi connectivity index (χ0n) is 13.1. The maximum absolute atomic E-state index is 6.16. The summed E-state index contributed by atoms with van der Waals surface area (Å²) in [5.41, 5.74) is 1.33. The largest absolute Gasteiger partial charge is 0.455 e. The van der Waals surface area contributed by atoms with Gasteiger partial charge in [-0.15, -0.1) is 0 Å². The molecule has 25 heavy (non-hydrogen) atoms. The van der Waals surface area contributed by atoms with Gasteiger partial charge in [0.1, 0.15) is 17.9 Å². The Kier molecular flexibility index (Phi) is 4.14. The van der Waals surface area contributed by atoms with E-state index in [9.17, 15) is 0 Å². The molecule has 0 fully saturated rings. The van der Waals surface area contributed by atoms with Gasteiger partial charge in [-0.25, -0.2) is 15.0 Å². The van der Waals surface area contributed by atoms with Crippen LogP contribution in [0.25, 0.3) is 11.0 Å². The van der Waals surface area contributed by atoms with Crippen LogP contribution in [0.5, 0.6) is 11.5 Å². The molecule has 0 aliphatic carbocycles. The monoisotopic (exact) mass is 348 g/mol. The van der Waals surface area contributed by atoms with Crippen LogP contribution >= 0.6 is 11.6 Å². The molecule has 0 radical (unpaired) electrons. The number of rotatable bonds is 4. The number of benzene rings is 2. The molecule has 5 nitrogen and oxygen atoms in total. The second kappa shape index (κ2) is 6.75. The molecule has 6 heteroatoms. The summed E-state index contributed by atoms with van der Waals surface area (Å²) in [7, 11) is 0. The summed E-state index contributed by atoms with van der Waals surface area (Å²) in [6.45, 7) is 0. The van der Waals surface area contributed by atoms with Crippen molar-refractivity contribution in [2.75, 3.05) is 5.32 Å². The van der Waals surface area contributed by atoms with Gasteiger partial charge in [-0.05, 0) is 42.5 Å². The number of fused-ring (bicyclic) bond motifs is 1. The van der Waals surface area contributed by atoms with Gasteiger partial charge in [0.2, 0.25) is 0 Å². The van der Waals surface area contributed by atoms with Crippen LogP contribution < -0.4 is 10.1 Å². The standard InChI is InChI=1S/C19H13ClN4O/c20-13-8-9-17(25-14-5-2-1-3-6-14)16(11-13)24-19-15-7-4-10-21-18(15)22-12-23-19/h1-12H,(H,21,22,23,24). The Morgan fingerprint density at radius 1 is 0.880 bits per heavy atom. The number of anilines is 2. The second-order valence-corrected chi connectivity index (χ2v) is 5.71.